The molecule has 0 aromatic heterocycles. The summed E-state index contributed by atoms with van der Waals surface area (Å²) in [6.45, 7) is 6.52. The molecule has 32 nitrogen and oxygen atoms in total. The van der Waals surface area contributed by atoms with Gasteiger partial charge in [0.25, 0.3) is 11.8 Å². The predicted molar refractivity (Wildman–Crippen MR) is 355 cm³/mol. The first-order chi connectivity index (χ1) is 47.3. The van der Waals surface area contributed by atoms with Gasteiger partial charge in [-0.15, -0.1) is 5.06 Å². The number of anilines is 1. The zero-order chi connectivity index (χ0) is 73.1. The first-order valence-electron chi connectivity index (χ1n) is 31.4. The summed E-state index contributed by atoms with van der Waals surface area (Å²) in [6.07, 6.45) is 7.60. The van der Waals surface area contributed by atoms with Crippen LogP contribution in [0.15, 0.2) is 104 Å². The van der Waals surface area contributed by atoms with Crippen molar-refractivity contribution >= 4 is 107 Å². The maximum Gasteiger partial charge on any atom is 0.335 e. The monoisotopic (exact) mass is 1520 g/mol. The minimum atomic E-state index is -5.44. The molecule has 0 spiro atoms. The van der Waals surface area contributed by atoms with E-state index in [0.29, 0.717) is 58.8 Å². The quantitative estimate of drug-likeness (QED) is 0.0201. The fourth-order valence-corrected chi connectivity index (χ4v) is 15.0. The van der Waals surface area contributed by atoms with Crippen molar-refractivity contribution in [2.45, 2.75) is 90.2 Å². The van der Waals surface area contributed by atoms with Gasteiger partial charge in [0.05, 0.1) is 147 Å². The van der Waals surface area contributed by atoms with E-state index in [1.54, 1.807) is 62.0 Å². The zero-order valence-corrected chi connectivity index (χ0v) is 59.4. The van der Waals surface area contributed by atoms with Gasteiger partial charge in [-0.1, -0.05) is 31.7 Å². The van der Waals surface area contributed by atoms with Crippen molar-refractivity contribution in [1.29, 1.82) is 0 Å². The molecule has 0 N–H and O–H groups in total. The second-order valence-electron chi connectivity index (χ2n) is 23.2. The van der Waals surface area contributed by atoms with Gasteiger partial charge in [0.1, 0.15) is 47.1 Å². The largest absolute Gasteiger partial charge is 0.748 e. The summed E-state index contributed by atoms with van der Waals surface area (Å²) in [5.74, 6) is -2.80. The minimum Gasteiger partial charge on any atom is -0.748 e. The van der Waals surface area contributed by atoms with Crippen LogP contribution in [0, 0.1) is 0 Å². The van der Waals surface area contributed by atoms with Crippen LogP contribution in [0.1, 0.15) is 70.9 Å². The fraction of sp³-hybridized carbons (Fsp3) is 0.531. The van der Waals surface area contributed by atoms with Gasteiger partial charge in [0.15, 0.2) is 12.3 Å². The first-order valence-corrected chi connectivity index (χ1v) is 38.6. The minimum absolute atomic E-state index is 0. The van der Waals surface area contributed by atoms with E-state index >= 15 is 0 Å². The standard InChI is InChI=1S/C63H83N3O29S5.CH4/c1-62(18-8-40-96(70,71)72)55(64(20-24-85-3)51-13-11-47-49(60(51)62)41-45(97(73,74)75)43-53(47)99(79,80)81)9-6-5-7-10-56-63(2,19-23-88-29-32-92-35-34-90-27-26-86-4)61-50-42-46(98(76,77)78)44-54(100(82,83)84)48(50)12-14-52(61)65(56)21-25-89-30-33-93-37-39-94-38-36-91-31-28-87-22-17-59(69)95-66-57(67)15-16-58(66)68;/h5-7,9-14,41-44H,8,15-40H2,1-4H3,(H4-,70,71,72,73,74,75,76,77,78,79,80,81,82,83,84);1H4/p-4. The fourth-order valence-electron chi connectivity index (χ4n) is 11.9. The van der Waals surface area contributed by atoms with Crippen molar-refractivity contribution < 1.29 is 136 Å². The Morgan fingerprint density at radius 3 is 1.48 bits per heavy atom. The molecule has 1 fully saturated rings. The smallest absolute Gasteiger partial charge is 0.335 e. The number of hydrogen-bond acceptors (Lipinski definition) is 30. The number of methoxy groups -OCH3 is 2. The summed E-state index contributed by atoms with van der Waals surface area (Å²) in [5, 5.41) is -0.128. The topological polar surface area (TPSA) is 448 Å². The Hall–Kier alpha value is -6.15. The van der Waals surface area contributed by atoms with Crippen LogP contribution in [0.2, 0.25) is 0 Å². The molecule has 2 atom stereocenters. The number of carbonyl (C=O) groups is 3. The van der Waals surface area contributed by atoms with Crippen LogP contribution in [0.4, 0.5) is 11.4 Å². The Morgan fingerprint density at radius 1 is 0.525 bits per heavy atom. The van der Waals surface area contributed by atoms with Gasteiger partial charge in [-0.25, -0.2) is 46.9 Å². The highest BCUT2D eigenvalue weighted by Gasteiger charge is 2.49. The van der Waals surface area contributed by atoms with Crippen molar-refractivity contribution in [3.8, 4) is 0 Å². The maximum absolute atomic E-state index is 12.9. The molecule has 4 aromatic rings. The zero-order valence-electron chi connectivity index (χ0n) is 55.3. The van der Waals surface area contributed by atoms with Crippen molar-refractivity contribution in [3.63, 3.8) is 0 Å². The number of hydrogen-bond donors (Lipinski definition) is 0. The molecule has 1 saturated heterocycles. The lowest BCUT2D eigenvalue weighted by Gasteiger charge is -2.31. The van der Waals surface area contributed by atoms with Crippen LogP contribution >= 0.6 is 0 Å². The first kappa shape index (κ1) is 83.8. The van der Waals surface area contributed by atoms with Crippen molar-refractivity contribution in [2.75, 3.05) is 157 Å². The lowest BCUT2D eigenvalue weighted by atomic mass is 9.74. The Kier molecular flexibility index (Phi) is 31.1. The van der Waals surface area contributed by atoms with Crippen LogP contribution in [-0.2, 0) is 128 Å². The van der Waals surface area contributed by atoms with Gasteiger partial charge in [0.2, 0.25) is 5.69 Å². The van der Waals surface area contributed by atoms with Gasteiger partial charge >= 0.3 is 5.97 Å². The molecule has 2 unspecified atom stereocenters. The molecular weight excluding hydrogens is 1440 g/mol. The van der Waals surface area contributed by atoms with Crippen LogP contribution in [0.3, 0.4) is 0 Å². The second kappa shape index (κ2) is 37.5. The molecule has 3 aliphatic heterocycles. The van der Waals surface area contributed by atoms with Gasteiger partial charge in [-0.3, -0.25) is 9.59 Å². The normalized spacial score (nSPS) is 18.0. The number of amides is 2. The molecule has 0 radical (unpaired) electrons. The third-order valence-corrected chi connectivity index (χ3v) is 20.6. The summed E-state index contributed by atoms with van der Waals surface area (Å²) in [4.78, 5) is 37.8. The lowest BCUT2D eigenvalue weighted by Crippen LogP contribution is -2.32. The predicted octanol–water partition coefficient (Wildman–Crippen LogP) is 3.51. The number of benzene rings is 4. The number of carbonyl (C=O) groups excluding carboxylic acids is 3. The number of allylic oxidation sites excluding steroid dienone is 6. The molecule has 2 amide bonds. The van der Waals surface area contributed by atoms with E-state index in [1.807, 2.05) is 4.90 Å². The lowest BCUT2D eigenvalue weighted by molar-refractivity contribution is -0.441. The van der Waals surface area contributed by atoms with E-state index in [0.717, 1.165) is 12.1 Å². The molecule has 7 rings (SSSR count). The average molecular weight is 1520 g/mol. The van der Waals surface area contributed by atoms with E-state index in [2.05, 4.69) is 0 Å². The number of fused-ring (bicyclic) bond motifs is 6. The number of nitrogens with zero attached hydrogens (tertiary/aromatic N) is 3. The molecule has 101 heavy (non-hydrogen) atoms. The molecular formula is C64H83N3O29S5-4. The van der Waals surface area contributed by atoms with Crippen LogP contribution in [0.25, 0.3) is 21.5 Å². The van der Waals surface area contributed by atoms with Crippen molar-refractivity contribution in [3.05, 3.63) is 95.7 Å². The highest BCUT2D eigenvalue weighted by molar-refractivity contribution is 7.87. The van der Waals surface area contributed by atoms with E-state index in [9.17, 15) is 79.2 Å². The third-order valence-electron chi connectivity index (χ3n) is 16.5. The Morgan fingerprint density at radius 2 is 0.990 bits per heavy atom. The highest BCUT2D eigenvalue weighted by atomic mass is 32.2. The number of imide groups is 1. The summed E-state index contributed by atoms with van der Waals surface area (Å²) in [5.41, 5.74) is -0.582. The van der Waals surface area contributed by atoms with Gasteiger partial charge in [-0.2, -0.15) is 4.58 Å². The summed E-state index contributed by atoms with van der Waals surface area (Å²) in [6, 6.07) is 8.60. The Balaban J connectivity index is 0.0000161. The molecule has 3 aliphatic rings. The van der Waals surface area contributed by atoms with Gasteiger partial charge in [0, 0.05) is 85.9 Å². The number of ether oxygens (including phenoxy) is 10. The highest BCUT2D eigenvalue weighted by Crippen LogP contribution is 2.54. The summed E-state index contributed by atoms with van der Waals surface area (Å²) < 4.78 is 247. The number of hydroxylamine groups is 2. The Bertz CT molecular complexity index is 4300. The van der Waals surface area contributed by atoms with Crippen molar-refractivity contribution in [2.24, 2.45) is 0 Å². The van der Waals surface area contributed by atoms with Crippen LogP contribution < -0.4 is 4.90 Å². The molecule has 4 aromatic carbocycles. The van der Waals surface area contributed by atoms with E-state index < -0.39 is 105 Å². The summed E-state index contributed by atoms with van der Waals surface area (Å²) >= 11 is 0. The molecule has 3 heterocycles. The van der Waals surface area contributed by atoms with E-state index in [4.69, 9.17) is 52.2 Å². The van der Waals surface area contributed by atoms with Crippen molar-refractivity contribution in [1.82, 2.24) is 5.06 Å². The average Bonchev–Trinajstić information content (AvgIpc) is 1.59. The summed E-state index contributed by atoms with van der Waals surface area (Å²) in [7, 11) is -23.5. The Labute approximate surface area is 587 Å². The van der Waals surface area contributed by atoms with E-state index in [1.165, 1.54) is 25.3 Å². The molecule has 37 heteroatoms. The SMILES string of the molecule is C.COCCOCCOCCOCCC1(C)\C(=C/C=C/C=C/C2=[N+](CCOC)c3ccc4c(S(=O)(=O)[O-])cc(S(=O)(=O)[O-])cc4c3C2(C)CCCS(=O)(=O)[O-])N(CCOCCOCCOCCOCCOCCC(=O)ON2C(=O)CCC2=O)c2ccc3c(S(=O)(=O)[O-])cc(S(=O)(=O)[O-])cc3c21. The van der Waals surface area contributed by atoms with Crippen LogP contribution in [-0.4, -0.2) is 250 Å². The van der Waals surface area contributed by atoms with Crippen LogP contribution in [0.5, 0.6) is 0 Å². The molecule has 0 saturated carbocycles. The maximum atomic E-state index is 12.9. The second-order valence-corrected chi connectivity index (χ2v) is 30.2. The molecule has 562 valence electrons. The van der Waals surface area contributed by atoms with Gasteiger partial charge < -0.3 is 79.9 Å². The van der Waals surface area contributed by atoms with Gasteiger partial charge in [-0.05, 0) is 97.3 Å². The molecule has 0 aliphatic carbocycles. The number of rotatable bonds is 45. The van der Waals surface area contributed by atoms with E-state index in [-0.39, 0.29) is 192 Å². The molecule has 0 bridgehead atoms. The third kappa shape index (κ3) is 22.7.